The summed E-state index contributed by atoms with van der Waals surface area (Å²) in [5.74, 6) is -0.210. The van der Waals surface area contributed by atoms with E-state index in [4.69, 9.17) is 5.26 Å². The summed E-state index contributed by atoms with van der Waals surface area (Å²) in [6, 6.07) is 1.45. The van der Waals surface area contributed by atoms with Crippen LogP contribution in [0.25, 0.3) is 0 Å². The third-order valence-corrected chi connectivity index (χ3v) is 1.77. The molecule has 6 nitrogen and oxygen atoms in total. The van der Waals surface area contributed by atoms with Crippen molar-refractivity contribution in [1.82, 2.24) is 4.98 Å². The first kappa shape index (κ1) is 11.8. The fraction of sp³-hybridized carbons (Fsp3) is 0.250. The summed E-state index contributed by atoms with van der Waals surface area (Å²) in [5, 5.41) is 19.3. The van der Waals surface area contributed by atoms with E-state index in [0.29, 0.717) is 0 Å². The van der Waals surface area contributed by atoms with Crippen molar-refractivity contribution in [1.29, 1.82) is 5.26 Å². The van der Waals surface area contributed by atoms with E-state index >= 15 is 0 Å². The molecule has 0 radical (unpaired) electrons. The second-order valence-electron chi connectivity index (χ2n) is 2.61. The van der Waals surface area contributed by atoms with Crippen LogP contribution in [0.3, 0.4) is 0 Å². The van der Waals surface area contributed by atoms with Crippen LogP contribution < -0.4 is 4.74 Å². The fourth-order valence-electron chi connectivity index (χ4n) is 1.11. The molecule has 0 unspecified atom stereocenters. The number of pyridine rings is 1. The van der Waals surface area contributed by atoms with Crippen LogP contribution in [-0.4, -0.2) is 17.0 Å². The van der Waals surface area contributed by atoms with E-state index in [9.17, 15) is 18.9 Å². The Bertz CT molecular complexity index is 470. The van der Waals surface area contributed by atoms with Crippen LogP contribution in [0.4, 0.5) is 14.5 Å². The van der Waals surface area contributed by atoms with Crippen LogP contribution in [0.1, 0.15) is 17.7 Å². The van der Waals surface area contributed by atoms with Gasteiger partial charge in [-0.1, -0.05) is 0 Å². The molecule has 0 aliphatic rings. The van der Waals surface area contributed by atoms with Crippen molar-refractivity contribution in [3.8, 4) is 11.8 Å². The molecular weight excluding hydrogens is 224 g/mol. The molecule has 1 aromatic heterocycles. The van der Waals surface area contributed by atoms with Gasteiger partial charge in [0.2, 0.25) is 0 Å². The van der Waals surface area contributed by atoms with Crippen LogP contribution >= 0.6 is 0 Å². The van der Waals surface area contributed by atoms with Gasteiger partial charge in [0.15, 0.2) is 17.0 Å². The van der Waals surface area contributed by atoms with Crippen LogP contribution in [0.15, 0.2) is 6.20 Å². The normalized spacial score (nSPS) is 9.94. The SMILES string of the molecule is COc1cnc(C(F)F)c([N+](=O)[O-])c1C#N. The van der Waals surface area contributed by atoms with Gasteiger partial charge >= 0.3 is 5.69 Å². The van der Waals surface area contributed by atoms with E-state index in [1.54, 1.807) is 0 Å². The summed E-state index contributed by atoms with van der Waals surface area (Å²) >= 11 is 0. The molecule has 0 saturated carbocycles. The third kappa shape index (κ3) is 1.88. The van der Waals surface area contributed by atoms with Gasteiger partial charge in [0, 0.05) is 0 Å². The smallest absolute Gasteiger partial charge is 0.318 e. The van der Waals surface area contributed by atoms with Gasteiger partial charge in [-0.25, -0.2) is 13.8 Å². The molecule has 0 aliphatic carbocycles. The minimum atomic E-state index is -3.13. The Morgan fingerprint density at radius 1 is 1.69 bits per heavy atom. The van der Waals surface area contributed by atoms with Gasteiger partial charge in [-0.15, -0.1) is 0 Å². The number of nitriles is 1. The lowest BCUT2D eigenvalue weighted by atomic mass is 10.2. The molecule has 0 fully saturated rings. The van der Waals surface area contributed by atoms with Gasteiger partial charge in [0.1, 0.15) is 6.07 Å². The molecule has 0 aliphatic heterocycles. The highest BCUT2D eigenvalue weighted by atomic mass is 19.3. The summed E-state index contributed by atoms with van der Waals surface area (Å²) in [6.45, 7) is 0. The zero-order chi connectivity index (χ0) is 12.3. The van der Waals surface area contributed by atoms with Crippen molar-refractivity contribution in [2.45, 2.75) is 6.43 Å². The second-order valence-corrected chi connectivity index (χ2v) is 2.61. The third-order valence-electron chi connectivity index (χ3n) is 1.77. The number of aromatic nitrogens is 1. The van der Waals surface area contributed by atoms with Crippen LogP contribution in [0, 0.1) is 21.4 Å². The zero-order valence-corrected chi connectivity index (χ0v) is 7.98. The second kappa shape index (κ2) is 4.48. The number of ether oxygens (including phenoxy) is 1. The lowest BCUT2D eigenvalue weighted by Crippen LogP contribution is -2.04. The molecule has 0 saturated heterocycles. The Balaban J connectivity index is 3.59. The van der Waals surface area contributed by atoms with Crippen molar-refractivity contribution in [3.05, 3.63) is 27.6 Å². The van der Waals surface area contributed by atoms with Gasteiger partial charge in [-0.05, 0) is 0 Å². The standard InChI is InChI=1S/C8H5F2N3O3/c1-16-5-3-12-6(8(9)10)7(13(14)15)4(5)2-11/h3,8H,1H3. The molecule has 16 heavy (non-hydrogen) atoms. The van der Waals surface area contributed by atoms with E-state index in [1.165, 1.54) is 6.07 Å². The highest BCUT2D eigenvalue weighted by Gasteiger charge is 2.30. The van der Waals surface area contributed by atoms with Gasteiger partial charge < -0.3 is 4.74 Å². The molecule has 8 heteroatoms. The average Bonchev–Trinajstić information content (AvgIpc) is 2.26. The Morgan fingerprint density at radius 2 is 2.31 bits per heavy atom. The minimum absolute atomic E-state index is 0.210. The van der Waals surface area contributed by atoms with Gasteiger partial charge in [0.05, 0.1) is 18.2 Å². The Kier molecular flexibility index (Phi) is 3.30. The van der Waals surface area contributed by atoms with Crippen LogP contribution in [-0.2, 0) is 0 Å². The predicted molar refractivity (Wildman–Crippen MR) is 47.1 cm³/mol. The molecule has 0 atom stereocenters. The molecular formula is C8H5F2N3O3. The molecule has 0 amide bonds. The van der Waals surface area contributed by atoms with Crippen molar-refractivity contribution >= 4 is 5.69 Å². The quantitative estimate of drug-likeness (QED) is 0.582. The van der Waals surface area contributed by atoms with E-state index in [-0.39, 0.29) is 5.75 Å². The molecule has 0 spiro atoms. The van der Waals surface area contributed by atoms with E-state index in [1.807, 2.05) is 0 Å². The largest absolute Gasteiger partial charge is 0.493 e. The Hall–Kier alpha value is -2.30. The van der Waals surface area contributed by atoms with Crippen molar-refractivity contribution in [3.63, 3.8) is 0 Å². The summed E-state index contributed by atoms with van der Waals surface area (Å²) in [7, 11) is 1.16. The lowest BCUT2D eigenvalue weighted by molar-refractivity contribution is -0.387. The fourth-order valence-corrected chi connectivity index (χ4v) is 1.11. The minimum Gasteiger partial charge on any atom is -0.493 e. The maximum absolute atomic E-state index is 12.4. The zero-order valence-electron chi connectivity index (χ0n) is 7.98. The van der Waals surface area contributed by atoms with Crippen LogP contribution in [0.2, 0.25) is 0 Å². The first-order chi connectivity index (χ1) is 7.52. The summed E-state index contributed by atoms with van der Waals surface area (Å²) < 4.78 is 29.5. The average molecular weight is 229 g/mol. The summed E-state index contributed by atoms with van der Waals surface area (Å²) in [6.07, 6.45) is -2.27. The molecule has 1 heterocycles. The number of alkyl halides is 2. The molecule has 0 bridgehead atoms. The number of halogens is 2. The first-order valence-corrected chi connectivity index (χ1v) is 3.92. The monoisotopic (exact) mass is 229 g/mol. The van der Waals surface area contributed by atoms with Crippen LogP contribution in [0.5, 0.6) is 5.75 Å². The topological polar surface area (TPSA) is 89.1 Å². The number of nitro groups is 1. The molecule has 0 aromatic carbocycles. The van der Waals surface area contributed by atoms with E-state index < -0.39 is 28.3 Å². The Labute approximate surface area is 88.2 Å². The summed E-state index contributed by atoms with van der Waals surface area (Å²) in [5.41, 5.74) is -2.61. The van der Waals surface area contributed by atoms with Gasteiger partial charge in [-0.3, -0.25) is 10.1 Å². The van der Waals surface area contributed by atoms with E-state index in [0.717, 1.165) is 13.3 Å². The molecule has 0 N–H and O–H groups in total. The predicted octanol–water partition coefficient (Wildman–Crippen LogP) is 1.81. The lowest BCUT2D eigenvalue weighted by Gasteiger charge is -2.05. The van der Waals surface area contributed by atoms with Crippen molar-refractivity contribution in [2.24, 2.45) is 0 Å². The molecule has 1 rings (SSSR count). The van der Waals surface area contributed by atoms with E-state index in [2.05, 4.69) is 9.72 Å². The number of rotatable bonds is 3. The van der Waals surface area contributed by atoms with Gasteiger partial charge in [0.25, 0.3) is 6.43 Å². The highest BCUT2D eigenvalue weighted by Crippen LogP contribution is 2.34. The maximum atomic E-state index is 12.4. The number of hydrogen-bond donors (Lipinski definition) is 0. The van der Waals surface area contributed by atoms with Crippen molar-refractivity contribution in [2.75, 3.05) is 7.11 Å². The highest BCUT2D eigenvalue weighted by molar-refractivity contribution is 5.58. The number of nitrogens with zero attached hydrogens (tertiary/aromatic N) is 3. The Morgan fingerprint density at radius 3 is 2.69 bits per heavy atom. The van der Waals surface area contributed by atoms with Crippen molar-refractivity contribution < 1.29 is 18.4 Å². The number of hydrogen-bond acceptors (Lipinski definition) is 5. The first-order valence-electron chi connectivity index (χ1n) is 3.92. The number of methoxy groups -OCH3 is 1. The maximum Gasteiger partial charge on any atom is 0.318 e. The summed E-state index contributed by atoms with van der Waals surface area (Å²) in [4.78, 5) is 12.7. The molecule has 84 valence electrons. The van der Waals surface area contributed by atoms with Gasteiger partial charge in [-0.2, -0.15) is 5.26 Å². The molecule has 1 aromatic rings.